The van der Waals surface area contributed by atoms with Gasteiger partial charge in [-0.3, -0.25) is 0 Å². The molecule has 0 saturated carbocycles. The lowest BCUT2D eigenvalue weighted by atomic mass is 10.0. The fourth-order valence-electron chi connectivity index (χ4n) is 1.84. The van der Waals surface area contributed by atoms with Crippen molar-refractivity contribution in [2.24, 2.45) is 5.73 Å². The first-order chi connectivity index (χ1) is 7.59. The molecule has 1 unspecified atom stereocenters. The van der Waals surface area contributed by atoms with Gasteiger partial charge in [0.2, 0.25) is 0 Å². The molecule has 1 aromatic heterocycles. The van der Waals surface area contributed by atoms with Crippen molar-refractivity contribution < 1.29 is 0 Å². The Labute approximate surface area is 108 Å². The smallest absolute Gasteiger partial charge is 0.0659 e. The molecule has 0 aliphatic carbocycles. The van der Waals surface area contributed by atoms with Crippen LogP contribution in [0, 0.1) is 13.8 Å². The van der Waals surface area contributed by atoms with Crippen LogP contribution in [0.1, 0.15) is 26.9 Å². The van der Waals surface area contributed by atoms with Crippen molar-refractivity contribution in [3.63, 3.8) is 0 Å². The monoisotopic (exact) mass is 295 g/mol. The molecule has 0 aliphatic rings. The van der Waals surface area contributed by atoms with Crippen molar-refractivity contribution in [3.8, 4) is 0 Å². The number of hydrogen-bond acceptors (Lipinski definition) is 2. The van der Waals surface area contributed by atoms with Gasteiger partial charge in [-0.15, -0.1) is 11.3 Å². The van der Waals surface area contributed by atoms with Crippen LogP contribution < -0.4 is 5.73 Å². The van der Waals surface area contributed by atoms with Crippen LogP contribution in [0.15, 0.2) is 34.8 Å². The molecular weight excluding hydrogens is 282 g/mol. The van der Waals surface area contributed by atoms with Crippen LogP contribution in [0.2, 0.25) is 0 Å². The van der Waals surface area contributed by atoms with Gasteiger partial charge in [-0.25, -0.2) is 0 Å². The maximum atomic E-state index is 6.31. The van der Waals surface area contributed by atoms with E-state index in [1.54, 1.807) is 11.3 Å². The molecular formula is C13H14BrNS. The molecule has 1 atom stereocenters. The molecule has 84 valence electrons. The van der Waals surface area contributed by atoms with Crippen molar-refractivity contribution in [1.29, 1.82) is 0 Å². The summed E-state index contributed by atoms with van der Waals surface area (Å²) < 4.78 is 1.08. The normalized spacial score (nSPS) is 12.8. The lowest BCUT2D eigenvalue weighted by Crippen LogP contribution is -2.11. The molecule has 0 aliphatic heterocycles. The standard InChI is InChI=1S/C13H14BrNS/c1-8-7-9(2)16-13(8)12(15)10-5-3-4-6-11(10)14/h3-7,12H,15H2,1-2H3. The highest BCUT2D eigenvalue weighted by Crippen LogP contribution is 2.33. The van der Waals surface area contributed by atoms with Gasteiger partial charge in [0.25, 0.3) is 0 Å². The molecule has 0 bridgehead atoms. The summed E-state index contributed by atoms with van der Waals surface area (Å²) in [7, 11) is 0. The van der Waals surface area contributed by atoms with Crippen LogP contribution in [-0.2, 0) is 0 Å². The van der Waals surface area contributed by atoms with Gasteiger partial charge in [-0.05, 0) is 37.1 Å². The number of nitrogens with two attached hydrogens (primary N) is 1. The van der Waals surface area contributed by atoms with Gasteiger partial charge >= 0.3 is 0 Å². The lowest BCUT2D eigenvalue weighted by molar-refractivity contribution is 0.879. The van der Waals surface area contributed by atoms with Gasteiger partial charge in [-0.1, -0.05) is 34.1 Å². The van der Waals surface area contributed by atoms with Crippen LogP contribution >= 0.6 is 27.3 Å². The molecule has 1 heterocycles. The van der Waals surface area contributed by atoms with E-state index in [2.05, 4.69) is 41.9 Å². The van der Waals surface area contributed by atoms with Gasteiger partial charge in [0.15, 0.2) is 0 Å². The second kappa shape index (κ2) is 4.70. The Bertz CT molecular complexity index is 504. The maximum absolute atomic E-state index is 6.31. The van der Waals surface area contributed by atoms with E-state index in [0.717, 1.165) is 10.0 Å². The minimum atomic E-state index is -0.0331. The third-order valence-corrected chi connectivity index (χ3v) is 4.56. The Hall–Kier alpha value is -0.640. The Kier molecular flexibility index (Phi) is 3.47. The first-order valence-electron chi connectivity index (χ1n) is 5.16. The Morgan fingerprint density at radius 2 is 1.94 bits per heavy atom. The SMILES string of the molecule is Cc1cc(C)c(C(N)c2ccccc2Br)s1. The number of thiophene rings is 1. The van der Waals surface area contributed by atoms with Gasteiger partial charge in [0.1, 0.15) is 0 Å². The van der Waals surface area contributed by atoms with E-state index in [0.29, 0.717) is 0 Å². The topological polar surface area (TPSA) is 26.0 Å². The highest BCUT2D eigenvalue weighted by atomic mass is 79.9. The Morgan fingerprint density at radius 3 is 2.50 bits per heavy atom. The van der Waals surface area contributed by atoms with Gasteiger partial charge in [0, 0.05) is 14.2 Å². The Balaban J connectivity index is 2.43. The summed E-state index contributed by atoms with van der Waals surface area (Å²) >= 11 is 5.33. The van der Waals surface area contributed by atoms with Crippen LogP contribution in [0.3, 0.4) is 0 Å². The second-order valence-electron chi connectivity index (χ2n) is 3.90. The molecule has 0 radical (unpaired) electrons. The predicted octanol–water partition coefficient (Wildman–Crippen LogP) is 4.18. The van der Waals surface area contributed by atoms with Crippen molar-refractivity contribution in [3.05, 3.63) is 55.7 Å². The summed E-state index contributed by atoms with van der Waals surface area (Å²) in [4.78, 5) is 2.57. The minimum absolute atomic E-state index is 0.0331. The first kappa shape index (κ1) is 11.8. The van der Waals surface area contributed by atoms with E-state index < -0.39 is 0 Å². The first-order valence-corrected chi connectivity index (χ1v) is 6.77. The average Bonchev–Trinajstić information content (AvgIpc) is 2.58. The van der Waals surface area contributed by atoms with Crippen molar-refractivity contribution in [1.82, 2.24) is 0 Å². The molecule has 0 amide bonds. The van der Waals surface area contributed by atoms with E-state index in [-0.39, 0.29) is 6.04 Å². The minimum Gasteiger partial charge on any atom is -0.320 e. The summed E-state index contributed by atoms with van der Waals surface area (Å²) in [5.74, 6) is 0. The molecule has 0 saturated heterocycles. The summed E-state index contributed by atoms with van der Waals surface area (Å²) in [5.41, 5.74) is 8.74. The number of hydrogen-bond donors (Lipinski definition) is 1. The molecule has 16 heavy (non-hydrogen) atoms. The molecule has 3 heteroatoms. The zero-order valence-corrected chi connectivity index (χ0v) is 11.7. The van der Waals surface area contributed by atoms with Crippen molar-refractivity contribution in [2.45, 2.75) is 19.9 Å². The molecule has 1 nitrogen and oxygen atoms in total. The van der Waals surface area contributed by atoms with E-state index in [4.69, 9.17) is 5.73 Å². The lowest BCUT2D eigenvalue weighted by Gasteiger charge is -2.13. The Morgan fingerprint density at radius 1 is 1.25 bits per heavy atom. The quantitative estimate of drug-likeness (QED) is 0.884. The third kappa shape index (κ3) is 2.21. The number of aryl methyl sites for hydroxylation is 2. The second-order valence-corrected chi connectivity index (χ2v) is 6.05. The largest absolute Gasteiger partial charge is 0.320 e. The van der Waals surface area contributed by atoms with E-state index in [1.807, 2.05) is 18.2 Å². The zero-order valence-electron chi connectivity index (χ0n) is 9.33. The van der Waals surface area contributed by atoms with E-state index >= 15 is 0 Å². The molecule has 2 aromatic rings. The summed E-state index contributed by atoms with van der Waals surface area (Å²) in [6.45, 7) is 4.24. The van der Waals surface area contributed by atoms with Gasteiger partial charge < -0.3 is 5.73 Å². The summed E-state index contributed by atoms with van der Waals surface area (Å²) in [5, 5.41) is 0. The van der Waals surface area contributed by atoms with E-state index in [1.165, 1.54) is 15.3 Å². The van der Waals surface area contributed by atoms with Crippen LogP contribution in [0.4, 0.5) is 0 Å². The van der Waals surface area contributed by atoms with Crippen molar-refractivity contribution >= 4 is 27.3 Å². The summed E-state index contributed by atoms with van der Waals surface area (Å²) in [6.07, 6.45) is 0. The average molecular weight is 296 g/mol. The highest BCUT2D eigenvalue weighted by molar-refractivity contribution is 9.10. The number of benzene rings is 1. The number of rotatable bonds is 2. The fourth-order valence-corrected chi connectivity index (χ4v) is 3.42. The van der Waals surface area contributed by atoms with E-state index in [9.17, 15) is 0 Å². The van der Waals surface area contributed by atoms with Crippen LogP contribution in [-0.4, -0.2) is 0 Å². The van der Waals surface area contributed by atoms with Gasteiger partial charge in [-0.2, -0.15) is 0 Å². The van der Waals surface area contributed by atoms with Gasteiger partial charge in [0.05, 0.1) is 6.04 Å². The molecule has 0 fully saturated rings. The van der Waals surface area contributed by atoms with Crippen LogP contribution in [0.25, 0.3) is 0 Å². The predicted molar refractivity (Wildman–Crippen MR) is 74.0 cm³/mol. The zero-order chi connectivity index (χ0) is 11.7. The molecule has 2 rings (SSSR count). The fraction of sp³-hybridized carbons (Fsp3) is 0.231. The molecule has 1 aromatic carbocycles. The molecule has 2 N–H and O–H groups in total. The molecule has 0 spiro atoms. The number of halogens is 1. The third-order valence-electron chi connectivity index (χ3n) is 2.60. The maximum Gasteiger partial charge on any atom is 0.0659 e. The highest BCUT2D eigenvalue weighted by Gasteiger charge is 2.15. The van der Waals surface area contributed by atoms with Crippen molar-refractivity contribution in [2.75, 3.05) is 0 Å². The van der Waals surface area contributed by atoms with Crippen LogP contribution in [0.5, 0.6) is 0 Å². The summed E-state index contributed by atoms with van der Waals surface area (Å²) in [6, 6.07) is 10.3.